The van der Waals surface area contributed by atoms with Crippen LogP contribution in [0.5, 0.6) is 11.5 Å². The summed E-state index contributed by atoms with van der Waals surface area (Å²) >= 11 is 0. The largest absolute Gasteiger partial charge is 0.493 e. The molecule has 1 aliphatic heterocycles. The monoisotopic (exact) mass is 424 g/mol. The summed E-state index contributed by atoms with van der Waals surface area (Å²) < 4.78 is 13.0. The molecule has 0 aliphatic carbocycles. The predicted molar refractivity (Wildman–Crippen MR) is 117 cm³/mol. The zero-order valence-corrected chi connectivity index (χ0v) is 18.5. The highest BCUT2D eigenvalue weighted by molar-refractivity contribution is 5.44. The molecule has 0 saturated carbocycles. The number of tetrazole rings is 1. The number of ether oxygens (including phenoxy) is 2. The smallest absolute Gasteiger partial charge is 0.214 e. The summed E-state index contributed by atoms with van der Waals surface area (Å²) in [5.74, 6) is 2.36. The number of likely N-dealkylation sites (N-methyl/N-ethyl adjacent to an activating group) is 1. The van der Waals surface area contributed by atoms with Crippen molar-refractivity contribution < 1.29 is 19.3 Å². The highest BCUT2D eigenvalue weighted by Crippen LogP contribution is 2.30. The number of hydrogen-bond donors (Lipinski definition) is 2. The van der Waals surface area contributed by atoms with Crippen LogP contribution in [0.4, 0.5) is 0 Å². The van der Waals surface area contributed by atoms with Crippen molar-refractivity contribution in [2.24, 2.45) is 0 Å². The van der Waals surface area contributed by atoms with Gasteiger partial charge < -0.3 is 19.3 Å². The lowest BCUT2D eigenvalue weighted by Crippen LogP contribution is -3.27. The van der Waals surface area contributed by atoms with Crippen molar-refractivity contribution in [2.45, 2.75) is 19.0 Å². The van der Waals surface area contributed by atoms with Crippen molar-refractivity contribution in [1.82, 2.24) is 20.2 Å². The van der Waals surface area contributed by atoms with Crippen LogP contribution < -0.4 is 19.3 Å². The van der Waals surface area contributed by atoms with Gasteiger partial charge in [0.05, 0.1) is 21.3 Å². The van der Waals surface area contributed by atoms with E-state index in [9.17, 15) is 0 Å². The molecule has 0 unspecified atom stereocenters. The number of nitrogens with zero attached hydrogens (tertiary/aromatic N) is 4. The van der Waals surface area contributed by atoms with Crippen LogP contribution in [-0.4, -0.2) is 67.7 Å². The van der Waals surface area contributed by atoms with E-state index in [1.165, 1.54) is 10.5 Å². The summed E-state index contributed by atoms with van der Waals surface area (Å²) in [5.41, 5.74) is 2.42. The second kappa shape index (κ2) is 9.89. The molecular formula is C23H32N6O2+2. The standard InChI is InChI=1S/C23H30N6O2/c1-27-13-15-28(16-14-27)22(19-9-10-20(30-2)21(17-19)31-3)23-24-25-26-29(23)12-11-18-7-5-4-6-8-18/h4-10,17,22H,11-16H2,1-3H3/p+2/t22-/m0/s1. The molecular weight excluding hydrogens is 392 g/mol. The lowest BCUT2D eigenvalue weighted by molar-refractivity contribution is -1.02. The fourth-order valence-electron chi connectivity index (χ4n) is 4.34. The third-order valence-corrected chi connectivity index (χ3v) is 6.17. The van der Waals surface area contributed by atoms with Gasteiger partial charge in [0, 0.05) is 12.1 Å². The maximum absolute atomic E-state index is 5.59. The van der Waals surface area contributed by atoms with Gasteiger partial charge in [0.15, 0.2) is 17.5 Å². The van der Waals surface area contributed by atoms with Gasteiger partial charge in [0.1, 0.15) is 26.2 Å². The van der Waals surface area contributed by atoms with Gasteiger partial charge in [-0.15, -0.1) is 5.10 Å². The van der Waals surface area contributed by atoms with E-state index in [1.54, 1.807) is 19.1 Å². The average Bonchev–Trinajstić information content (AvgIpc) is 3.27. The van der Waals surface area contributed by atoms with E-state index in [0.717, 1.165) is 62.0 Å². The molecule has 1 saturated heterocycles. The zero-order valence-electron chi connectivity index (χ0n) is 18.5. The van der Waals surface area contributed by atoms with Crippen LogP contribution in [0.2, 0.25) is 0 Å². The summed E-state index contributed by atoms with van der Waals surface area (Å²) in [6.07, 6.45) is 0.889. The molecule has 0 radical (unpaired) electrons. The molecule has 1 atom stereocenters. The Balaban J connectivity index is 1.66. The number of benzene rings is 2. The molecule has 2 N–H and O–H groups in total. The van der Waals surface area contributed by atoms with E-state index in [4.69, 9.17) is 9.47 Å². The first kappa shape index (κ1) is 21.3. The van der Waals surface area contributed by atoms with E-state index >= 15 is 0 Å². The number of hydrogen-bond acceptors (Lipinski definition) is 5. The van der Waals surface area contributed by atoms with Gasteiger partial charge in [0.25, 0.3) is 0 Å². The minimum atomic E-state index is 0.0404. The van der Waals surface area contributed by atoms with Gasteiger partial charge in [-0.05, 0) is 40.6 Å². The first-order chi connectivity index (χ1) is 15.2. The van der Waals surface area contributed by atoms with Crippen molar-refractivity contribution in [3.63, 3.8) is 0 Å². The predicted octanol–water partition coefficient (Wildman–Crippen LogP) is -0.564. The summed E-state index contributed by atoms with van der Waals surface area (Å²) in [5, 5.41) is 12.9. The molecule has 164 valence electrons. The van der Waals surface area contributed by atoms with Crippen LogP contribution in [0.1, 0.15) is 23.0 Å². The SMILES string of the molecule is COc1ccc([C@@H](c2nnnn2CCc2ccccc2)[NH+]2CC[NH+](C)CC2)cc1OC. The summed E-state index contributed by atoms with van der Waals surface area (Å²) in [4.78, 5) is 3.05. The number of aryl methyl sites for hydroxylation is 2. The lowest BCUT2D eigenvalue weighted by atomic mass is 10.0. The van der Waals surface area contributed by atoms with Gasteiger partial charge >= 0.3 is 0 Å². The molecule has 8 nitrogen and oxygen atoms in total. The first-order valence-corrected chi connectivity index (χ1v) is 10.9. The Morgan fingerprint density at radius 3 is 2.42 bits per heavy atom. The number of nitrogens with one attached hydrogen (secondary N) is 2. The Labute approximate surface area is 183 Å². The second-order valence-electron chi connectivity index (χ2n) is 8.16. The molecule has 31 heavy (non-hydrogen) atoms. The number of aromatic nitrogens is 4. The fourth-order valence-corrected chi connectivity index (χ4v) is 4.34. The molecule has 2 aromatic carbocycles. The van der Waals surface area contributed by atoms with Crippen molar-refractivity contribution in [1.29, 1.82) is 0 Å². The Morgan fingerprint density at radius 1 is 0.968 bits per heavy atom. The lowest BCUT2D eigenvalue weighted by Gasteiger charge is -2.33. The summed E-state index contributed by atoms with van der Waals surface area (Å²) in [7, 11) is 5.59. The Morgan fingerprint density at radius 2 is 1.71 bits per heavy atom. The molecule has 0 amide bonds. The van der Waals surface area contributed by atoms with E-state index in [2.05, 4.69) is 59.0 Å². The normalized spacial score (nSPS) is 19.7. The number of piperazine rings is 1. The van der Waals surface area contributed by atoms with Gasteiger partial charge in [-0.1, -0.05) is 30.3 Å². The average molecular weight is 425 g/mol. The number of methoxy groups -OCH3 is 2. The van der Waals surface area contributed by atoms with Crippen LogP contribution in [-0.2, 0) is 13.0 Å². The van der Waals surface area contributed by atoms with Crippen LogP contribution in [0.25, 0.3) is 0 Å². The molecule has 1 fully saturated rings. The van der Waals surface area contributed by atoms with Gasteiger partial charge in [-0.2, -0.15) is 0 Å². The molecule has 1 aromatic heterocycles. The third-order valence-electron chi connectivity index (χ3n) is 6.17. The summed E-state index contributed by atoms with van der Waals surface area (Å²) in [6, 6.07) is 16.7. The highest BCUT2D eigenvalue weighted by Gasteiger charge is 2.35. The quantitative estimate of drug-likeness (QED) is 0.507. The topological polar surface area (TPSA) is 70.9 Å². The van der Waals surface area contributed by atoms with Crippen molar-refractivity contribution >= 4 is 0 Å². The van der Waals surface area contributed by atoms with Crippen LogP contribution in [0.3, 0.4) is 0 Å². The Bertz CT molecular complexity index is 969. The fraction of sp³-hybridized carbons (Fsp3) is 0.435. The third kappa shape index (κ3) is 4.86. The molecule has 3 aromatic rings. The van der Waals surface area contributed by atoms with Crippen molar-refractivity contribution in [2.75, 3.05) is 47.4 Å². The minimum Gasteiger partial charge on any atom is -0.493 e. The molecule has 8 heteroatoms. The Kier molecular flexibility index (Phi) is 6.79. The summed E-state index contributed by atoms with van der Waals surface area (Å²) in [6.45, 7) is 5.14. The van der Waals surface area contributed by atoms with Gasteiger partial charge in [-0.3, -0.25) is 0 Å². The van der Waals surface area contributed by atoms with Crippen LogP contribution in [0.15, 0.2) is 48.5 Å². The van der Waals surface area contributed by atoms with E-state index in [1.807, 2.05) is 16.8 Å². The van der Waals surface area contributed by atoms with Crippen LogP contribution >= 0.6 is 0 Å². The second-order valence-corrected chi connectivity index (χ2v) is 8.16. The number of quaternary nitrogens is 2. The van der Waals surface area contributed by atoms with Crippen molar-refractivity contribution in [3.05, 3.63) is 65.5 Å². The van der Waals surface area contributed by atoms with E-state index in [-0.39, 0.29) is 6.04 Å². The maximum Gasteiger partial charge on any atom is 0.214 e. The molecule has 1 aliphatic rings. The molecule has 0 spiro atoms. The van der Waals surface area contributed by atoms with E-state index < -0.39 is 0 Å². The van der Waals surface area contributed by atoms with Crippen LogP contribution in [0, 0.1) is 0 Å². The highest BCUT2D eigenvalue weighted by atomic mass is 16.5. The Hall–Kier alpha value is -2.97. The van der Waals surface area contributed by atoms with Gasteiger partial charge in [0.2, 0.25) is 5.82 Å². The molecule has 0 bridgehead atoms. The molecule has 2 heterocycles. The number of rotatable bonds is 8. The minimum absolute atomic E-state index is 0.0404. The molecule has 4 rings (SSSR count). The maximum atomic E-state index is 5.59. The van der Waals surface area contributed by atoms with E-state index in [0.29, 0.717) is 0 Å². The zero-order chi connectivity index (χ0) is 21.6. The van der Waals surface area contributed by atoms with Gasteiger partial charge in [-0.25, -0.2) is 4.68 Å². The van der Waals surface area contributed by atoms with Crippen molar-refractivity contribution in [3.8, 4) is 11.5 Å². The first-order valence-electron chi connectivity index (χ1n) is 10.9.